The minimum Gasteiger partial charge on any atom is -0.344 e. The van der Waals surface area contributed by atoms with E-state index in [4.69, 9.17) is 4.55 Å². The molecule has 0 bridgehead atoms. The summed E-state index contributed by atoms with van der Waals surface area (Å²) in [7, 11) is -4.00. The monoisotopic (exact) mass is 674 g/mol. The number of benzene rings is 3. The van der Waals surface area contributed by atoms with Gasteiger partial charge in [-0.3, -0.25) is 18.9 Å². The third-order valence-electron chi connectivity index (χ3n) is 9.62. The average Bonchev–Trinajstić information content (AvgIpc) is 3.31. The normalized spacial score (nSPS) is 19.9. The number of hydrogen-bond acceptors (Lipinski definition) is 6. The van der Waals surface area contributed by atoms with Crippen molar-refractivity contribution in [3.05, 3.63) is 96.1 Å². The van der Waals surface area contributed by atoms with Crippen LogP contribution in [-0.4, -0.2) is 73.9 Å². The van der Waals surface area contributed by atoms with Gasteiger partial charge < -0.3 is 20.4 Å². The lowest BCUT2D eigenvalue weighted by atomic mass is 9.86. The van der Waals surface area contributed by atoms with Gasteiger partial charge in [-0.25, -0.2) is 0 Å². The number of piperidine rings is 2. The Balaban J connectivity index is 0.000000387. The van der Waals surface area contributed by atoms with Crippen molar-refractivity contribution >= 4 is 33.5 Å². The molecule has 3 N–H and O–H groups in total. The lowest BCUT2D eigenvalue weighted by Crippen LogP contribution is -2.55. The number of rotatable bonds is 8. The van der Waals surface area contributed by atoms with Crippen molar-refractivity contribution in [3.8, 4) is 0 Å². The van der Waals surface area contributed by atoms with Crippen LogP contribution >= 0.6 is 0 Å². The number of likely N-dealkylation sites (tertiary alicyclic amines) is 1. The molecule has 1 unspecified atom stereocenters. The molecule has 0 aliphatic carbocycles. The van der Waals surface area contributed by atoms with E-state index in [9.17, 15) is 22.8 Å². The van der Waals surface area contributed by atoms with Gasteiger partial charge in [0.05, 0.1) is 16.2 Å². The van der Waals surface area contributed by atoms with Gasteiger partial charge in [-0.15, -0.1) is 0 Å². The van der Waals surface area contributed by atoms with Gasteiger partial charge in [0, 0.05) is 31.4 Å². The van der Waals surface area contributed by atoms with Crippen molar-refractivity contribution < 1.29 is 27.4 Å². The Hall–Kier alpha value is -4.06. The number of para-hydroxylation sites is 1. The van der Waals surface area contributed by atoms with Crippen molar-refractivity contribution in [1.29, 1.82) is 0 Å². The fourth-order valence-corrected chi connectivity index (χ4v) is 7.34. The molecule has 3 aliphatic heterocycles. The highest BCUT2D eigenvalue weighted by molar-refractivity contribution is 7.85. The fraction of sp³-hybridized carbons (Fsp3) is 0.432. The Kier molecular flexibility index (Phi) is 11.3. The van der Waals surface area contributed by atoms with Crippen molar-refractivity contribution in [2.24, 2.45) is 5.92 Å². The number of aryl methyl sites for hydroxylation is 1. The van der Waals surface area contributed by atoms with Gasteiger partial charge in [0.25, 0.3) is 10.1 Å². The molecule has 3 heterocycles. The van der Waals surface area contributed by atoms with Gasteiger partial charge in [0.15, 0.2) is 0 Å². The van der Waals surface area contributed by atoms with Crippen LogP contribution in [-0.2, 0) is 36.3 Å². The number of nitrogens with one attached hydrogen (secondary N) is 2. The van der Waals surface area contributed by atoms with Gasteiger partial charge in [0.2, 0.25) is 17.7 Å². The zero-order valence-corrected chi connectivity index (χ0v) is 28.5. The van der Waals surface area contributed by atoms with Crippen LogP contribution in [0.2, 0.25) is 0 Å². The summed E-state index contributed by atoms with van der Waals surface area (Å²) in [5, 5.41) is 6.42. The van der Waals surface area contributed by atoms with E-state index in [0.29, 0.717) is 26.1 Å². The third-order valence-corrected chi connectivity index (χ3v) is 10.5. The molecule has 2 saturated heterocycles. The second-order valence-corrected chi connectivity index (χ2v) is 14.7. The summed E-state index contributed by atoms with van der Waals surface area (Å²) in [5.41, 5.74) is 2.70. The van der Waals surface area contributed by atoms with E-state index in [2.05, 4.69) is 22.8 Å². The van der Waals surface area contributed by atoms with Crippen molar-refractivity contribution in [3.63, 3.8) is 0 Å². The highest BCUT2D eigenvalue weighted by Crippen LogP contribution is 2.43. The van der Waals surface area contributed by atoms with E-state index in [1.807, 2.05) is 66.1 Å². The molecule has 0 spiro atoms. The molecule has 11 heteroatoms. The maximum Gasteiger partial charge on any atom is 0.294 e. The van der Waals surface area contributed by atoms with Crippen LogP contribution in [0.1, 0.15) is 57.1 Å². The van der Waals surface area contributed by atoms with E-state index in [-0.39, 0.29) is 34.6 Å². The lowest BCUT2D eigenvalue weighted by molar-refractivity contribution is -0.138. The first kappa shape index (κ1) is 35.3. The number of fused-ring (bicyclic) bond motifs is 1. The second-order valence-electron chi connectivity index (χ2n) is 13.3. The minimum atomic E-state index is -4.00. The van der Waals surface area contributed by atoms with Crippen LogP contribution in [0.25, 0.3) is 0 Å². The molecule has 3 aromatic rings. The minimum absolute atomic E-state index is 0.00928. The van der Waals surface area contributed by atoms with Gasteiger partial charge in [-0.2, -0.15) is 8.42 Å². The van der Waals surface area contributed by atoms with Gasteiger partial charge in [-0.1, -0.05) is 66.7 Å². The van der Waals surface area contributed by atoms with Crippen molar-refractivity contribution in [1.82, 2.24) is 15.5 Å². The van der Waals surface area contributed by atoms with Crippen LogP contribution in [0.5, 0.6) is 0 Å². The topological polar surface area (TPSA) is 136 Å². The van der Waals surface area contributed by atoms with E-state index in [1.165, 1.54) is 12.1 Å². The first-order chi connectivity index (χ1) is 23.0. The second kappa shape index (κ2) is 15.4. The van der Waals surface area contributed by atoms with Crippen LogP contribution < -0.4 is 15.5 Å². The number of carbonyl (C=O) groups is 3. The Labute approximate surface area is 283 Å². The molecule has 6 rings (SSSR count). The molecule has 0 radical (unpaired) electrons. The summed E-state index contributed by atoms with van der Waals surface area (Å²) >= 11 is 0. The van der Waals surface area contributed by atoms with Crippen LogP contribution in [0, 0.1) is 5.92 Å². The van der Waals surface area contributed by atoms with Gasteiger partial charge in [-0.05, 0) is 88.2 Å². The summed E-state index contributed by atoms with van der Waals surface area (Å²) in [6, 6.07) is 25.1. The Morgan fingerprint density at radius 1 is 0.938 bits per heavy atom. The Morgan fingerprint density at radius 3 is 2.17 bits per heavy atom. The zero-order valence-electron chi connectivity index (χ0n) is 27.7. The SMILES string of the molecule is CC1(C)C(=O)N(C2CCN(C(=O)C(CCc3ccccc3)NC(=O)[C@@H]3CCCNC3)CC2)c2ccccc21.O=S(=O)(O)c1ccccc1. The number of nitrogens with zero attached hydrogens (tertiary/aromatic N) is 2. The predicted molar refractivity (Wildman–Crippen MR) is 185 cm³/mol. The molecule has 0 aromatic heterocycles. The molecule has 3 aromatic carbocycles. The zero-order chi connectivity index (χ0) is 34.3. The van der Waals surface area contributed by atoms with Gasteiger partial charge in [0.1, 0.15) is 6.04 Å². The third kappa shape index (κ3) is 8.32. The van der Waals surface area contributed by atoms with E-state index in [1.54, 1.807) is 18.2 Å². The summed E-state index contributed by atoms with van der Waals surface area (Å²) in [6.45, 7) is 6.76. The molecular formula is C37H46N4O6S. The molecule has 2 atom stereocenters. The first-order valence-electron chi connectivity index (χ1n) is 16.8. The number of anilines is 1. The molecule has 3 amide bonds. The summed E-state index contributed by atoms with van der Waals surface area (Å²) < 4.78 is 29.2. The predicted octanol–water partition coefficient (Wildman–Crippen LogP) is 4.35. The summed E-state index contributed by atoms with van der Waals surface area (Å²) in [6.07, 6.45) is 4.59. The number of carbonyl (C=O) groups excluding carboxylic acids is 3. The quantitative estimate of drug-likeness (QED) is 0.303. The standard InChI is InChI=1S/C31H40N4O3.C6H6O3S/c1-31(2)25-12-6-7-13-27(25)35(30(31)38)24-16-19-34(20-17-24)29(37)26(15-14-22-9-4-3-5-10-22)33-28(36)23-11-8-18-32-21-23;7-10(8,9)6-4-2-1-3-5-6/h3-7,9-10,12-13,23-24,26,32H,8,11,14-21H2,1-2H3,(H,33,36);1-5H,(H,7,8,9)/t23-,26?;/m1./s1. The smallest absolute Gasteiger partial charge is 0.294 e. The Bertz CT molecular complexity index is 1670. The highest BCUT2D eigenvalue weighted by atomic mass is 32.2. The molecule has 10 nitrogen and oxygen atoms in total. The molecule has 3 aliphatic rings. The van der Waals surface area contributed by atoms with Crippen molar-refractivity contribution in [2.75, 3.05) is 31.1 Å². The Morgan fingerprint density at radius 2 is 1.56 bits per heavy atom. The van der Waals surface area contributed by atoms with Crippen LogP contribution in [0.4, 0.5) is 5.69 Å². The molecule has 0 saturated carbocycles. The number of amides is 3. The maximum absolute atomic E-state index is 13.7. The largest absolute Gasteiger partial charge is 0.344 e. The van der Waals surface area contributed by atoms with E-state index >= 15 is 0 Å². The van der Waals surface area contributed by atoms with E-state index < -0.39 is 21.6 Å². The molecule has 2 fully saturated rings. The van der Waals surface area contributed by atoms with Crippen LogP contribution in [0.3, 0.4) is 0 Å². The van der Waals surface area contributed by atoms with Gasteiger partial charge >= 0.3 is 0 Å². The highest BCUT2D eigenvalue weighted by Gasteiger charge is 2.47. The first-order valence-corrected chi connectivity index (χ1v) is 18.2. The number of hydrogen-bond donors (Lipinski definition) is 3. The summed E-state index contributed by atoms with van der Waals surface area (Å²) in [5.74, 6) is 0.00802. The lowest BCUT2D eigenvalue weighted by Gasteiger charge is -2.39. The maximum atomic E-state index is 13.7. The average molecular weight is 675 g/mol. The van der Waals surface area contributed by atoms with E-state index in [0.717, 1.165) is 55.5 Å². The van der Waals surface area contributed by atoms with Crippen LogP contribution in [0.15, 0.2) is 89.8 Å². The molecular weight excluding hydrogens is 628 g/mol. The molecule has 48 heavy (non-hydrogen) atoms. The molecule has 256 valence electrons. The van der Waals surface area contributed by atoms with Crippen molar-refractivity contribution in [2.45, 2.75) is 74.8 Å². The fourth-order valence-electron chi connectivity index (χ4n) is 6.84. The summed E-state index contributed by atoms with van der Waals surface area (Å²) in [4.78, 5) is 44.0.